The van der Waals surface area contributed by atoms with Gasteiger partial charge in [-0.3, -0.25) is 4.79 Å². The molecule has 1 aliphatic rings. The molecule has 1 aliphatic heterocycles. The predicted octanol–water partition coefficient (Wildman–Crippen LogP) is 5.70. The molecule has 1 fully saturated rings. The second kappa shape index (κ2) is 8.01. The lowest BCUT2D eigenvalue weighted by Crippen LogP contribution is -2.29. The summed E-state index contributed by atoms with van der Waals surface area (Å²) in [6.45, 7) is 0.392. The van der Waals surface area contributed by atoms with Gasteiger partial charge in [0.05, 0.1) is 16.6 Å². The van der Waals surface area contributed by atoms with E-state index in [2.05, 4.69) is 9.85 Å². The zero-order valence-electron chi connectivity index (χ0n) is 12.4. The molecule has 0 aromatic heterocycles. The number of hydrogen-bond donors (Lipinski definition) is 0. The van der Waals surface area contributed by atoms with E-state index in [9.17, 15) is 4.79 Å². The van der Waals surface area contributed by atoms with Gasteiger partial charge in [-0.25, -0.2) is 0 Å². The summed E-state index contributed by atoms with van der Waals surface area (Å²) < 4.78 is 2.83. The lowest BCUT2D eigenvalue weighted by atomic mass is 10.1. The molecule has 2 atom stereocenters. The van der Waals surface area contributed by atoms with Gasteiger partial charge in [-0.1, -0.05) is 65.5 Å². The third-order valence-corrected chi connectivity index (χ3v) is 6.35. The van der Waals surface area contributed by atoms with E-state index in [1.807, 2.05) is 65.1 Å². The van der Waals surface area contributed by atoms with Crippen molar-refractivity contribution in [2.75, 3.05) is 6.54 Å². The SMILES string of the molecule is O=C1C(c2ccccc2)SC(c2ccc(Cl)c(Cl)c2)N1CC#CI. The molecule has 2 nitrogen and oxygen atoms in total. The minimum Gasteiger partial charge on any atom is -0.314 e. The van der Waals surface area contributed by atoms with Crippen molar-refractivity contribution >= 4 is 63.5 Å². The third kappa shape index (κ3) is 3.70. The number of hydrogen-bond acceptors (Lipinski definition) is 2. The van der Waals surface area contributed by atoms with E-state index < -0.39 is 0 Å². The van der Waals surface area contributed by atoms with Gasteiger partial charge in [-0.15, -0.1) is 11.8 Å². The fourth-order valence-electron chi connectivity index (χ4n) is 2.58. The van der Waals surface area contributed by atoms with E-state index in [1.165, 1.54) is 0 Å². The van der Waals surface area contributed by atoms with Gasteiger partial charge in [-0.2, -0.15) is 0 Å². The molecule has 0 radical (unpaired) electrons. The number of carbonyl (C=O) groups excluding carboxylic acids is 1. The Labute approximate surface area is 169 Å². The van der Waals surface area contributed by atoms with E-state index in [4.69, 9.17) is 23.2 Å². The zero-order chi connectivity index (χ0) is 17.1. The molecule has 0 N–H and O–H groups in total. The van der Waals surface area contributed by atoms with Gasteiger partial charge in [0.15, 0.2) is 0 Å². The molecule has 0 aliphatic carbocycles. The number of nitrogens with zero attached hydrogens (tertiary/aromatic N) is 1. The molecule has 2 aromatic carbocycles. The first kappa shape index (κ1) is 17.9. The minimum absolute atomic E-state index is 0.0708. The smallest absolute Gasteiger partial charge is 0.242 e. The molecule has 0 bridgehead atoms. The maximum Gasteiger partial charge on any atom is 0.242 e. The monoisotopic (exact) mass is 487 g/mol. The van der Waals surface area contributed by atoms with Gasteiger partial charge in [0.25, 0.3) is 0 Å². The van der Waals surface area contributed by atoms with Crippen LogP contribution in [0.4, 0.5) is 0 Å². The highest BCUT2D eigenvalue weighted by Gasteiger charge is 2.41. The van der Waals surface area contributed by atoms with E-state index in [0.29, 0.717) is 16.6 Å². The number of halogens is 3. The van der Waals surface area contributed by atoms with Crippen LogP contribution in [0.1, 0.15) is 21.8 Å². The van der Waals surface area contributed by atoms with Crippen LogP contribution in [-0.2, 0) is 4.79 Å². The first-order valence-electron chi connectivity index (χ1n) is 7.16. The number of benzene rings is 2. The third-order valence-electron chi connectivity index (χ3n) is 3.70. The molecule has 2 unspecified atom stereocenters. The first-order chi connectivity index (χ1) is 11.6. The summed E-state index contributed by atoms with van der Waals surface area (Å²) in [5.41, 5.74) is 1.96. The quantitative estimate of drug-likeness (QED) is 0.408. The summed E-state index contributed by atoms with van der Waals surface area (Å²) in [5, 5.41) is 0.634. The van der Waals surface area contributed by atoms with Crippen molar-refractivity contribution in [2.24, 2.45) is 0 Å². The normalized spacial score (nSPS) is 20.0. The standard InChI is InChI=1S/C18H12Cl2INOS/c19-14-8-7-13(11-15(14)20)18-22(10-4-9-21)17(23)16(24-18)12-5-2-1-3-6-12/h1-3,5-8,11,16,18H,10H2. The molecule has 1 heterocycles. The fourth-order valence-corrected chi connectivity index (χ4v) is 4.51. The van der Waals surface area contributed by atoms with Gasteiger partial charge in [-0.05, 0) is 27.2 Å². The maximum atomic E-state index is 12.9. The second-order valence-corrected chi connectivity index (χ2v) is 7.73. The number of amides is 1. The second-order valence-electron chi connectivity index (χ2n) is 5.19. The Morgan fingerprint density at radius 3 is 2.50 bits per heavy atom. The molecular weight excluding hydrogens is 476 g/mol. The van der Waals surface area contributed by atoms with Crippen LogP contribution in [0, 0.1) is 9.85 Å². The maximum absolute atomic E-state index is 12.9. The Hall–Kier alpha value is -0.870. The number of rotatable bonds is 3. The zero-order valence-corrected chi connectivity index (χ0v) is 16.9. The highest BCUT2D eigenvalue weighted by molar-refractivity contribution is 14.1. The van der Waals surface area contributed by atoms with Crippen molar-refractivity contribution in [1.82, 2.24) is 4.90 Å². The summed E-state index contributed by atoms with van der Waals surface area (Å²) in [7, 11) is 0. The van der Waals surface area contributed by atoms with Crippen LogP contribution in [-0.4, -0.2) is 17.4 Å². The van der Waals surface area contributed by atoms with Crippen molar-refractivity contribution in [1.29, 1.82) is 0 Å². The predicted molar refractivity (Wildman–Crippen MR) is 109 cm³/mol. The molecular formula is C18H12Cl2INOS. The Bertz CT molecular complexity index is 819. The highest BCUT2D eigenvalue weighted by atomic mass is 127. The van der Waals surface area contributed by atoms with Crippen molar-refractivity contribution < 1.29 is 4.79 Å². The molecule has 2 aromatic rings. The van der Waals surface area contributed by atoms with E-state index in [0.717, 1.165) is 11.1 Å². The largest absolute Gasteiger partial charge is 0.314 e. The van der Waals surface area contributed by atoms with Crippen molar-refractivity contribution in [2.45, 2.75) is 10.6 Å². The van der Waals surface area contributed by atoms with Gasteiger partial charge in [0.2, 0.25) is 5.91 Å². The Morgan fingerprint density at radius 1 is 1.08 bits per heavy atom. The summed E-state index contributed by atoms with van der Waals surface area (Å²) in [6, 6.07) is 15.3. The van der Waals surface area contributed by atoms with Crippen LogP contribution in [0.25, 0.3) is 0 Å². The lowest BCUT2D eigenvalue weighted by Gasteiger charge is -2.22. The van der Waals surface area contributed by atoms with Crippen LogP contribution in [0.5, 0.6) is 0 Å². The Kier molecular flexibility index (Phi) is 5.98. The molecule has 24 heavy (non-hydrogen) atoms. The first-order valence-corrected chi connectivity index (χ1v) is 9.94. The van der Waals surface area contributed by atoms with Gasteiger partial charge >= 0.3 is 0 Å². The Balaban J connectivity index is 1.97. The van der Waals surface area contributed by atoms with Crippen LogP contribution in [0.15, 0.2) is 48.5 Å². The summed E-state index contributed by atoms with van der Waals surface area (Å²) in [5.74, 6) is 3.06. The van der Waals surface area contributed by atoms with Crippen LogP contribution >= 0.6 is 57.6 Å². The van der Waals surface area contributed by atoms with Crippen molar-refractivity contribution in [3.63, 3.8) is 0 Å². The fraction of sp³-hybridized carbons (Fsp3) is 0.167. The molecule has 1 amide bonds. The van der Waals surface area contributed by atoms with Crippen LogP contribution in [0.2, 0.25) is 10.0 Å². The summed E-state index contributed by atoms with van der Waals surface area (Å²) in [6.07, 6.45) is 0. The minimum atomic E-state index is -0.235. The molecule has 0 spiro atoms. The van der Waals surface area contributed by atoms with Gasteiger partial charge < -0.3 is 4.90 Å². The van der Waals surface area contributed by atoms with Crippen molar-refractivity contribution in [3.05, 3.63) is 69.7 Å². The topological polar surface area (TPSA) is 20.3 Å². The van der Waals surface area contributed by atoms with E-state index in [1.54, 1.807) is 22.7 Å². The van der Waals surface area contributed by atoms with Gasteiger partial charge in [0, 0.05) is 22.6 Å². The Morgan fingerprint density at radius 2 is 1.83 bits per heavy atom. The molecule has 3 rings (SSSR count). The molecule has 0 saturated carbocycles. The molecule has 122 valence electrons. The average molecular weight is 488 g/mol. The van der Waals surface area contributed by atoms with E-state index >= 15 is 0 Å². The average Bonchev–Trinajstić information content (AvgIpc) is 2.93. The number of thioether (sulfide) groups is 1. The number of carbonyl (C=O) groups is 1. The van der Waals surface area contributed by atoms with Crippen LogP contribution < -0.4 is 0 Å². The van der Waals surface area contributed by atoms with Crippen LogP contribution in [0.3, 0.4) is 0 Å². The van der Waals surface area contributed by atoms with E-state index in [-0.39, 0.29) is 16.5 Å². The van der Waals surface area contributed by atoms with Crippen molar-refractivity contribution in [3.8, 4) is 9.85 Å². The van der Waals surface area contributed by atoms with Gasteiger partial charge in [0.1, 0.15) is 10.6 Å². The summed E-state index contributed by atoms with van der Waals surface area (Å²) >= 11 is 15.8. The highest BCUT2D eigenvalue weighted by Crippen LogP contribution is 2.50. The summed E-state index contributed by atoms with van der Waals surface area (Å²) in [4.78, 5) is 14.7. The molecule has 1 saturated heterocycles. The molecule has 6 heteroatoms. The lowest BCUT2D eigenvalue weighted by molar-refractivity contribution is -0.129.